The predicted octanol–water partition coefficient (Wildman–Crippen LogP) is -3.15. The van der Waals surface area contributed by atoms with Gasteiger partial charge in [-0.15, -0.1) is 0 Å². The molecule has 6 aromatic rings. The summed E-state index contributed by atoms with van der Waals surface area (Å²) in [5.41, 5.74) is 15.6. The standard InChI is InChI=1S/C35H46N16O23P4/c1-48-12-51(28-19(48)30(56)47-35(39)45-28)31-20(52)13(4-3-5-36)14(69-31)6-67-76(59,60)73-78(63,64)74-77(61,62)68-8-16-23(24(65-2)33(71-16)49-10-42-17-25(37)40-9-41-26(17)49)72-75(57,58)66-7-15-21(53)22(54)32(70-15)50-11-43-18-27(50)44-34(38)46-29(18)55/h9-16,20-24,31-33,52-54H,3-4,6-8H2,1-2H3,(H11-,37,38,39,40,41,44,45,46,47,55,56,57,58,59,60,61,62,63,64)/p+1/t13-,14-,15-,16?,20-,21-,22-,23-,24-,31?,32-,33-/m1/s1. The number of aromatic nitrogens is 12. The maximum absolute atomic E-state index is 13.7. The van der Waals surface area contributed by atoms with E-state index < -0.39 is 136 Å². The van der Waals surface area contributed by atoms with E-state index in [0.29, 0.717) is 0 Å². The van der Waals surface area contributed by atoms with Crippen molar-refractivity contribution < 1.29 is 103 Å². The third kappa shape index (κ3) is 11.5. The number of phosphoric acid groups is 4. The average molecular weight is 1180 g/mol. The summed E-state index contributed by atoms with van der Waals surface area (Å²) in [6.07, 6.45) is -13.3. The molecular weight excluding hydrogens is 1140 g/mol. The van der Waals surface area contributed by atoms with Crippen molar-refractivity contribution in [1.82, 2.24) is 53.6 Å². The summed E-state index contributed by atoms with van der Waals surface area (Å²) >= 11 is 0. The van der Waals surface area contributed by atoms with Gasteiger partial charge >= 0.3 is 36.9 Å². The van der Waals surface area contributed by atoms with Gasteiger partial charge in [0.15, 0.2) is 41.4 Å². The van der Waals surface area contributed by atoms with Crippen LogP contribution in [-0.2, 0) is 71.0 Å². The van der Waals surface area contributed by atoms with Gasteiger partial charge < -0.3 is 71.0 Å². The maximum Gasteiger partial charge on any atom is 0.490 e. The third-order valence-electron chi connectivity index (χ3n) is 12.3. The fourth-order valence-electron chi connectivity index (χ4n) is 8.96. The molecule has 0 aromatic carbocycles. The van der Waals surface area contributed by atoms with E-state index in [2.05, 4.69) is 48.5 Å². The highest BCUT2D eigenvalue weighted by Crippen LogP contribution is 2.68. The van der Waals surface area contributed by atoms with Crippen molar-refractivity contribution in [1.29, 1.82) is 5.26 Å². The Kier molecular flexibility index (Phi) is 15.9. The number of ether oxygens (including phenoxy) is 4. The van der Waals surface area contributed by atoms with Crippen LogP contribution in [0.15, 0.2) is 34.9 Å². The number of anilines is 3. The van der Waals surface area contributed by atoms with Gasteiger partial charge in [-0.1, -0.05) is 4.98 Å². The van der Waals surface area contributed by atoms with Crippen LogP contribution in [-0.4, -0.2) is 164 Å². The van der Waals surface area contributed by atoms with Crippen molar-refractivity contribution >= 4 is 82.5 Å². The van der Waals surface area contributed by atoms with Gasteiger partial charge in [0.05, 0.1) is 51.7 Å². The lowest BCUT2D eigenvalue weighted by Crippen LogP contribution is -2.45. The zero-order valence-corrected chi connectivity index (χ0v) is 43.5. The molecule has 16 atom stereocenters. The number of aryl methyl sites for hydroxylation is 1. The molecule has 3 saturated heterocycles. The number of H-pyrrole nitrogens is 2. The molecule has 39 nitrogen and oxygen atoms in total. The van der Waals surface area contributed by atoms with Crippen LogP contribution in [0.5, 0.6) is 0 Å². The number of nitrogens with zero attached hydrogens (tertiary/aromatic N) is 11. The molecule has 424 valence electrons. The Morgan fingerprint density at radius 2 is 1.33 bits per heavy atom. The number of aromatic amines is 2. The highest BCUT2D eigenvalue weighted by Gasteiger charge is 2.54. The number of fused-ring (bicyclic) bond motifs is 3. The number of hydrogen-bond acceptors (Lipinski definition) is 29. The molecule has 0 aliphatic carbocycles. The van der Waals surface area contributed by atoms with Crippen LogP contribution in [0.1, 0.15) is 31.5 Å². The van der Waals surface area contributed by atoms with Crippen LogP contribution in [0.25, 0.3) is 33.5 Å². The molecule has 0 radical (unpaired) electrons. The zero-order chi connectivity index (χ0) is 56.4. The van der Waals surface area contributed by atoms with Gasteiger partial charge in [-0.05, 0) is 6.42 Å². The molecule has 0 saturated carbocycles. The fourth-order valence-corrected chi connectivity index (χ4v) is 13.4. The van der Waals surface area contributed by atoms with Crippen molar-refractivity contribution in [3.63, 3.8) is 0 Å². The fraction of sp³-hybridized carbons (Fsp3) is 0.543. The van der Waals surface area contributed by atoms with Crippen molar-refractivity contribution in [2.45, 2.75) is 80.4 Å². The van der Waals surface area contributed by atoms with Gasteiger partial charge in [-0.2, -0.15) is 18.9 Å². The van der Waals surface area contributed by atoms with Gasteiger partial charge in [-0.25, -0.2) is 42.8 Å². The van der Waals surface area contributed by atoms with Gasteiger partial charge in [0.1, 0.15) is 54.6 Å². The van der Waals surface area contributed by atoms with E-state index in [0.717, 1.165) is 30.7 Å². The highest BCUT2D eigenvalue weighted by molar-refractivity contribution is 7.66. The van der Waals surface area contributed by atoms with Crippen LogP contribution in [0, 0.1) is 17.2 Å². The second-order valence-electron chi connectivity index (χ2n) is 17.3. The molecule has 9 rings (SSSR count). The molecule has 3 aliphatic heterocycles. The number of nitrogens with two attached hydrogens (primary N) is 3. The van der Waals surface area contributed by atoms with Crippen molar-refractivity contribution in [3.05, 3.63) is 46.0 Å². The Hall–Kier alpha value is -5.62. The smallest absolute Gasteiger partial charge is 0.387 e. The molecule has 15 N–H and O–H groups in total. The van der Waals surface area contributed by atoms with Gasteiger partial charge in [0, 0.05) is 19.4 Å². The van der Waals surface area contributed by atoms with Gasteiger partial charge in [0.2, 0.25) is 17.7 Å². The summed E-state index contributed by atoms with van der Waals surface area (Å²) in [4.78, 5) is 96.4. The summed E-state index contributed by atoms with van der Waals surface area (Å²) in [6, 6.07) is 1.89. The molecule has 43 heteroatoms. The minimum Gasteiger partial charge on any atom is -0.387 e. The SMILES string of the molecule is CO[C@@H]1[C@H](OP(=O)(O)OC[C@H]2O[C@@H](n3cnc4c(=O)[nH]c(N)nc43)[C@H](O)[C@@H]2O)C(COP(=O)(O)OP(=O)(O)OP(=O)(O)OC[C@H]2OC([n+]3cn(C)c4c(=O)[nH]c(N)nc43)[C@H](O)[C@@H]2CCC#N)O[C@H]1n1cnc2c(N)ncnc21. The molecule has 78 heavy (non-hydrogen) atoms. The Morgan fingerprint density at radius 3 is 2.01 bits per heavy atom. The van der Waals surface area contributed by atoms with Gasteiger partial charge in [-0.3, -0.25) is 51.4 Å². The van der Waals surface area contributed by atoms with Crippen molar-refractivity contribution in [2.75, 3.05) is 44.1 Å². The van der Waals surface area contributed by atoms with E-state index in [1.165, 1.54) is 27.1 Å². The quantitative estimate of drug-likeness (QED) is 0.0250. The summed E-state index contributed by atoms with van der Waals surface area (Å²) in [6.45, 7) is -3.23. The molecule has 0 amide bonds. The molecule has 6 aromatic heterocycles. The van der Waals surface area contributed by atoms with E-state index >= 15 is 0 Å². The number of nitriles is 1. The van der Waals surface area contributed by atoms with Gasteiger partial charge in [0.25, 0.3) is 17.1 Å². The first-order valence-corrected chi connectivity index (χ1v) is 28.4. The number of imidazole rings is 3. The zero-order valence-electron chi connectivity index (χ0n) is 39.9. The molecule has 9 heterocycles. The highest BCUT2D eigenvalue weighted by atomic mass is 31.3. The van der Waals surface area contributed by atoms with E-state index in [4.69, 9.17) is 54.2 Å². The Morgan fingerprint density at radius 1 is 0.731 bits per heavy atom. The third-order valence-corrected chi connectivity index (χ3v) is 17.6. The van der Waals surface area contributed by atoms with Crippen LogP contribution in [0.3, 0.4) is 0 Å². The number of rotatable bonds is 21. The second-order valence-corrected chi connectivity index (χ2v) is 23.4. The summed E-state index contributed by atoms with van der Waals surface area (Å²) < 4.78 is 110. The minimum atomic E-state index is -6.20. The molecular formula is C35H47N16O23P4+. The number of nitrogen functional groups attached to an aromatic ring is 3. The van der Waals surface area contributed by atoms with E-state index in [1.807, 2.05) is 6.07 Å². The van der Waals surface area contributed by atoms with Crippen LogP contribution in [0.4, 0.5) is 17.7 Å². The topological polar surface area (TPSA) is 566 Å². The lowest BCUT2D eigenvalue weighted by Gasteiger charge is -2.26. The van der Waals surface area contributed by atoms with E-state index in [1.54, 1.807) is 0 Å². The largest absolute Gasteiger partial charge is 0.490 e. The first-order valence-electron chi connectivity index (χ1n) is 22.4. The molecule has 6 unspecified atom stereocenters. The second kappa shape index (κ2) is 21.8. The predicted molar refractivity (Wildman–Crippen MR) is 251 cm³/mol. The Labute approximate surface area is 433 Å². The van der Waals surface area contributed by atoms with E-state index in [-0.39, 0.29) is 64.0 Å². The molecule has 3 fully saturated rings. The van der Waals surface area contributed by atoms with E-state index in [9.17, 15) is 68.0 Å². The lowest BCUT2D eigenvalue weighted by atomic mass is 9.93. The first-order chi connectivity index (χ1) is 36.7. The maximum atomic E-state index is 13.7. The summed E-state index contributed by atoms with van der Waals surface area (Å²) in [7, 11) is -20.9. The number of phosphoric ester groups is 3. The molecule has 0 spiro atoms. The number of aliphatic hydroxyl groups excluding tert-OH is 3. The van der Waals surface area contributed by atoms with Crippen molar-refractivity contribution in [2.24, 2.45) is 13.0 Å². The lowest BCUT2D eigenvalue weighted by molar-refractivity contribution is -0.745. The summed E-state index contributed by atoms with van der Waals surface area (Å²) in [5.74, 6) is -1.72. The number of methoxy groups -OCH3 is 1. The average Bonchev–Trinajstić information content (AvgIpc) is 4.28. The monoisotopic (exact) mass is 1180 g/mol. The normalized spacial score (nSPS) is 29.6. The van der Waals surface area contributed by atoms with Crippen LogP contribution < -0.4 is 32.9 Å². The molecule has 3 aliphatic rings. The van der Waals surface area contributed by atoms with Crippen LogP contribution in [0.2, 0.25) is 0 Å². The minimum absolute atomic E-state index is 0.00900. The number of hydrogen-bond donors (Lipinski definition) is 12. The molecule has 0 bridgehead atoms. The number of aliphatic hydroxyl groups is 3. The van der Waals surface area contributed by atoms with Crippen molar-refractivity contribution in [3.8, 4) is 6.07 Å². The first kappa shape index (κ1) is 57.1. The Balaban J connectivity index is 0.872. The Bertz CT molecular complexity index is 3610. The number of nitrogens with one attached hydrogen (secondary N) is 2. The van der Waals surface area contributed by atoms with Crippen LogP contribution >= 0.6 is 31.3 Å². The summed E-state index contributed by atoms with van der Waals surface area (Å²) in [5, 5.41) is 42.4.